The lowest BCUT2D eigenvalue weighted by molar-refractivity contribution is -0.151. The van der Waals surface area contributed by atoms with Crippen molar-refractivity contribution in [1.29, 1.82) is 0 Å². The van der Waals surface area contributed by atoms with Crippen LogP contribution < -0.4 is 10.1 Å². The van der Waals surface area contributed by atoms with Crippen LogP contribution in [0.1, 0.15) is 58.9 Å². The number of nitrogens with zero attached hydrogens (tertiary/aromatic N) is 1. The number of hydrogen-bond acceptors (Lipinski definition) is 5. The van der Waals surface area contributed by atoms with Gasteiger partial charge in [-0.1, -0.05) is 38.8 Å². The van der Waals surface area contributed by atoms with Gasteiger partial charge in [-0.2, -0.15) is 0 Å². The van der Waals surface area contributed by atoms with Gasteiger partial charge in [-0.3, -0.25) is 14.4 Å². The first-order chi connectivity index (χ1) is 13.8. The molecular weight excluding hydrogens is 372 g/mol. The van der Waals surface area contributed by atoms with Crippen LogP contribution in [0.2, 0.25) is 0 Å². The summed E-state index contributed by atoms with van der Waals surface area (Å²) < 4.78 is 10.1. The molecule has 0 unspecified atom stereocenters. The maximum Gasteiger partial charge on any atom is 0.325 e. The Morgan fingerprint density at radius 1 is 1.03 bits per heavy atom. The van der Waals surface area contributed by atoms with Crippen molar-refractivity contribution in [2.75, 3.05) is 20.3 Å². The average Bonchev–Trinajstić information content (AvgIpc) is 2.70. The van der Waals surface area contributed by atoms with E-state index in [-0.39, 0.29) is 25.0 Å². The highest BCUT2D eigenvalue weighted by Gasteiger charge is 2.44. The Morgan fingerprint density at radius 2 is 1.62 bits per heavy atom. The van der Waals surface area contributed by atoms with Gasteiger partial charge in [0, 0.05) is 13.5 Å². The summed E-state index contributed by atoms with van der Waals surface area (Å²) >= 11 is 0. The van der Waals surface area contributed by atoms with Gasteiger partial charge in [-0.05, 0) is 37.5 Å². The van der Waals surface area contributed by atoms with Gasteiger partial charge in [0.1, 0.15) is 17.8 Å². The van der Waals surface area contributed by atoms with Crippen LogP contribution >= 0.6 is 0 Å². The quantitative estimate of drug-likeness (QED) is 0.539. The lowest BCUT2D eigenvalue weighted by Gasteiger charge is -2.42. The zero-order valence-corrected chi connectivity index (χ0v) is 18.2. The van der Waals surface area contributed by atoms with E-state index in [2.05, 4.69) is 5.32 Å². The van der Waals surface area contributed by atoms with Crippen LogP contribution in [0.25, 0.3) is 0 Å². The summed E-state index contributed by atoms with van der Waals surface area (Å²) in [7, 11) is 1.60. The maximum atomic E-state index is 13.3. The molecule has 0 saturated heterocycles. The van der Waals surface area contributed by atoms with Crippen molar-refractivity contribution in [2.24, 2.45) is 0 Å². The molecule has 29 heavy (non-hydrogen) atoms. The molecule has 0 aliphatic carbocycles. The smallest absolute Gasteiger partial charge is 0.325 e. The summed E-state index contributed by atoms with van der Waals surface area (Å²) in [6, 6.07) is 7.42. The fraction of sp³-hybridized carbons (Fsp3) is 0.591. The van der Waals surface area contributed by atoms with E-state index in [9.17, 15) is 14.4 Å². The first kappa shape index (κ1) is 24.5. The molecule has 1 aromatic rings. The summed E-state index contributed by atoms with van der Waals surface area (Å²) in [6.45, 7) is 7.49. The van der Waals surface area contributed by atoms with Crippen LogP contribution in [0, 0.1) is 0 Å². The van der Waals surface area contributed by atoms with E-state index in [1.165, 1.54) is 6.92 Å². The van der Waals surface area contributed by atoms with Gasteiger partial charge >= 0.3 is 5.97 Å². The lowest BCUT2D eigenvalue weighted by Crippen LogP contribution is -2.60. The van der Waals surface area contributed by atoms with Crippen LogP contribution in [0.15, 0.2) is 24.3 Å². The van der Waals surface area contributed by atoms with Crippen molar-refractivity contribution >= 4 is 17.8 Å². The molecular formula is C22H34N2O5. The van der Waals surface area contributed by atoms with E-state index in [0.717, 1.165) is 24.2 Å². The minimum absolute atomic E-state index is 0.186. The largest absolute Gasteiger partial charge is 0.497 e. The highest BCUT2D eigenvalue weighted by Crippen LogP contribution is 2.30. The molecule has 2 amide bonds. The topological polar surface area (TPSA) is 84.9 Å². The van der Waals surface area contributed by atoms with E-state index in [0.29, 0.717) is 19.4 Å². The Kier molecular flexibility index (Phi) is 10.2. The van der Waals surface area contributed by atoms with Crippen molar-refractivity contribution in [2.45, 2.75) is 65.5 Å². The number of hydrogen-bond donors (Lipinski definition) is 1. The molecule has 0 aliphatic heterocycles. The van der Waals surface area contributed by atoms with Crippen molar-refractivity contribution in [1.82, 2.24) is 10.2 Å². The molecule has 0 spiro atoms. The molecule has 0 atom stereocenters. The molecule has 0 bridgehead atoms. The van der Waals surface area contributed by atoms with Gasteiger partial charge in [0.15, 0.2) is 0 Å². The molecule has 1 N–H and O–H groups in total. The Hall–Kier alpha value is -2.57. The Labute approximate surface area is 173 Å². The molecule has 0 fully saturated rings. The lowest BCUT2D eigenvalue weighted by atomic mass is 9.84. The van der Waals surface area contributed by atoms with E-state index in [4.69, 9.17) is 9.47 Å². The standard InChI is InChI=1S/C22H34N2O5/c1-6-13-22(14-7-2,21(27)23-15-20(26)29-8-3)24(17(4)25)16-18-9-11-19(28-5)12-10-18/h9-12H,6-8,13-16H2,1-5H3,(H,23,27). The third-order valence-electron chi connectivity index (χ3n) is 4.84. The zero-order valence-electron chi connectivity index (χ0n) is 18.2. The van der Waals surface area contributed by atoms with Gasteiger partial charge in [-0.15, -0.1) is 0 Å². The molecule has 0 heterocycles. The second-order valence-corrected chi connectivity index (χ2v) is 6.97. The van der Waals surface area contributed by atoms with Gasteiger partial charge in [0.05, 0.1) is 13.7 Å². The molecule has 1 rings (SSSR count). The Balaban J connectivity index is 3.20. The highest BCUT2D eigenvalue weighted by atomic mass is 16.5. The summed E-state index contributed by atoms with van der Waals surface area (Å²) in [5, 5.41) is 2.69. The fourth-order valence-corrected chi connectivity index (χ4v) is 3.58. The van der Waals surface area contributed by atoms with Crippen LogP contribution in [0.3, 0.4) is 0 Å². The van der Waals surface area contributed by atoms with Crippen molar-refractivity contribution in [3.8, 4) is 5.75 Å². The summed E-state index contributed by atoms with van der Waals surface area (Å²) in [6.07, 6.45) is 2.45. The summed E-state index contributed by atoms with van der Waals surface area (Å²) in [5.74, 6) is -0.275. The zero-order chi connectivity index (χ0) is 21.9. The number of benzene rings is 1. The second-order valence-electron chi connectivity index (χ2n) is 6.97. The van der Waals surface area contributed by atoms with E-state index in [1.807, 2.05) is 38.1 Å². The summed E-state index contributed by atoms with van der Waals surface area (Å²) in [4.78, 5) is 39.2. The Morgan fingerprint density at radius 3 is 2.07 bits per heavy atom. The number of ether oxygens (including phenoxy) is 2. The van der Waals surface area contributed by atoms with Gasteiger partial charge in [-0.25, -0.2) is 0 Å². The number of esters is 1. The number of carbonyl (C=O) groups excluding carboxylic acids is 3. The van der Waals surface area contributed by atoms with Crippen LogP contribution in [0.5, 0.6) is 5.75 Å². The van der Waals surface area contributed by atoms with Gasteiger partial charge in [0.2, 0.25) is 11.8 Å². The molecule has 0 aromatic heterocycles. The first-order valence-corrected chi connectivity index (χ1v) is 10.2. The third-order valence-corrected chi connectivity index (χ3v) is 4.84. The number of carbonyl (C=O) groups is 3. The molecule has 0 radical (unpaired) electrons. The predicted molar refractivity (Wildman–Crippen MR) is 111 cm³/mol. The minimum Gasteiger partial charge on any atom is -0.497 e. The Bertz CT molecular complexity index is 666. The third kappa shape index (κ3) is 6.76. The van der Waals surface area contributed by atoms with Crippen molar-refractivity contribution < 1.29 is 23.9 Å². The van der Waals surface area contributed by atoms with Crippen molar-refractivity contribution in [3.63, 3.8) is 0 Å². The monoisotopic (exact) mass is 406 g/mol. The van der Waals surface area contributed by atoms with Crippen LogP contribution in [-0.4, -0.2) is 48.5 Å². The minimum atomic E-state index is -1.03. The number of rotatable bonds is 12. The predicted octanol–water partition coefficient (Wildman–Crippen LogP) is 3.06. The number of methoxy groups -OCH3 is 1. The average molecular weight is 407 g/mol. The molecule has 162 valence electrons. The van der Waals surface area contributed by atoms with E-state index >= 15 is 0 Å². The normalized spacial score (nSPS) is 10.9. The highest BCUT2D eigenvalue weighted by molar-refractivity contribution is 5.92. The molecule has 7 nitrogen and oxygen atoms in total. The van der Waals surface area contributed by atoms with Gasteiger partial charge < -0.3 is 19.7 Å². The molecule has 0 aliphatic rings. The SMILES string of the molecule is CCCC(CCC)(C(=O)NCC(=O)OCC)N(Cc1ccc(OC)cc1)C(C)=O. The van der Waals surface area contributed by atoms with E-state index in [1.54, 1.807) is 18.9 Å². The fourth-order valence-electron chi connectivity index (χ4n) is 3.58. The number of nitrogens with one attached hydrogen (secondary N) is 1. The number of amides is 2. The molecule has 0 saturated carbocycles. The van der Waals surface area contributed by atoms with Crippen LogP contribution in [0.4, 0.5) is 0 Å². The summed E-state index contributed by atoms with van der Waals surface area (Å²) in [5.41, 5.74) is -0.127. The molecule has 1 aromatic carbocycles. The van der Waals surface area contributed by atoms with Crippen molar-refractivity contribution in [3.05, 3.63) is 29.8 Å². The first-order valence-electron chi connectivity index (χ1n) is 10.2. The van der Waals surface area contributed by atoms with Crippen LogP contribution in [-0.2, 0) is 25.7 Å². The van der Waals surface area contributed by atoms with E-state index < -0.39 is 11.5 Å². The second kappa shape index (κ2) is 12.1. The van der Waals surface area contributed by atoms with Gasteiger partial charge in [0.25, 0.3) is 0 Å². The molecule has 7 heteroatoms. The maximum absolute atomic E-state index is 13.3.